The van der Waals surface area contributed by atoms with Crippen LogP contribution in [0.2, 0.25) is 0 Å². The number of carbonyl (C=O) groups is 1. The Bertz CT molecular complexity index is 1010. The van der Waals surface area contributed by atoms with Gasteiger partial charge in [0.2, 0.25) is 5.89 Å². The van der Waals surface area contributed by atoms with Crippen LogP contribution in [0.5, 0.6) is 5.75 Å². The van der Waals surface area contributed by atoms with Crippen LogP contribution in [0.25, 0.3) is 11.5 Å². The fraction of sp³-hybridized carbons (Fsp3) is 0.385. The minimum absolute atomic E-state index is 0.165. The summed E-state index contributed by atoms with van der Waals surface area (Å²) in [7, 11) is 0. The Balaban J connectivity index is 1.24. The van der Waals surface area contributed by atoms with Gasteiger partial charge in [0.1, 0.15) is 18.1 Å². The molecule has 1 amide bonds. The summed E-state index contributed by atoms with van der Waals surface area (Å²) in [5, 5.41) is 2.95. The highest BCUT2D eigenvalue weighted by Crippen LogP contribution is 2.22. The number of nitrogens with zero attached hydrogens (tertiary/aromatic N) is 1. The van der Waals surface area contributed by atoms with E-state index in [1.807, 2.05) is 55.5 Å². The number of aromatic nitrogens is 1. The fourth-order valence-corrected chi connectivity index (χ4v) is 3.88. The van der Waals surface area contributed by atoms with Gasteiger partial charge >= 0.3 is 6.09 Å². The lowest BCUT2D eigenvalue weighted by molar-refractivity contribution is 0.133. The Hall–Kier alpha value is -3.28. The first-order valence-corrected chi connectivity index (χ1v) is 11.3. The standard InChI is InChI=1S/C26H29N2O4/c1-19-24(28-25(32-19)21-10-4-2-5-11-21)15-16-30-23-14-8-9-20(17-23)18-31-26(29)27-22-12-6-3-7-13-22/h2,4-5,8-11,14,22H,3,6-7,12-13,15-16,18H2,1H3,(H,27,29). The minimum Gasteiger partial charge on any atom is -0.493 e. The Morgan fingerprint density at radius 3 is 2.75 bits per heavy atom. The van der Waals surface area contributed by atoms with Crippen molar-refractivity contribution in [1.29, 1.82) is 0 Å². The van der Waals surface area contributed by atoms with Crippen LogP contribution in [0, 0.1) is 13.0 Å². The number of hydrogen-bond donors (Lipinski definition) is 1. The topological polar surface area (TPSA) is 73.6 Å². The third kappa shape index (κ3) is 6.13. The summed E-state index contributed by atoms with van der Waals surface area (Å²) in [6.45, 7) is 2.53. The molecule has 1 saturated carbocycles. The molecule has 2 aromatic carbocycles. The van der Waals surface area contributed by atoms with Gasteiger partial charge in [-0.25, -0.2) is 9.78 Å². The molecule has 1 fully saturated rings. The molecule has 6 heteroatoms. The smallest absolute Gasteiger partial charge is 0.407 e. The van der Waals surface area contributed by atoms with Crippen LogP contribution in [0.1, 0.15) is 49.1 Å². The van der Waals surface area contributed by atoms with Crippen molar-refractivity contribution < 1.29 is 18.7 Å². The maximum atomic E-state index is 12.0. The van der Waals surface area contributed by atoms with Crippen LogP contribution in [-0.2, 0) is 17.8 Å². The molecular weight excluding hydrogens is 404 g/mol. The lowest BCUT2D eigenvalue weighted by Crippen LogP contribution is -2.36. The monoisotopic (exact) mass is 433 g/mol. The highest BCUT2D eigenvalue weighted by atomic mass is 16.5. The average molecular weight is 434 g/mol. The Morgan fingerprint density at radius 1 is 1.12 bits per heavy atom. The van der Waals surface area contributed by atoms with Crippen molar-refractivity contribution in [2.45, 2.75) is 58.1 Å². The van der Waals surface area contributed by atoms with Crippen molar-refractivity contribution in [2.75, 3.05) is 6.61 Å². The highest BCUT2D eigenvalue weighted by molar-refractivity contribution is 5.67. The number of hydrogen-bond acceptors (Lipinski definition) is 5. The second-order valence-electron chi connectivity index (χ2n) is 8.08. The first-order valence-electron chi connectivity index (χ1n) is 11.3. The van der Waals surface area contributed by atoms with Gasteiger partial charge in [-0.1, -0.05) is 49.6 Å². The predicted octanol–water partition coefficient (Wildman–Crippen LogP) is 5.63. The maximum absolute atomic E-state index is 12.0. The second kappa shape index (κ2) is 10.8. The van der Waals surface area contributed by atoms with Gasteiger partial charge in [-0.3, -0.25) is 0 Å². The number of benzene rings is 2. The number of nitrogens with one attached hydrogen (secondary N) is 1. The van der Waals surface area contributed by atoms with Crippen molar-refractivity contribution >= 4 is 6.09 Å². The average Bonchev–Trinajstić information content (AvgIpc) is 3.20. The molecule has 1 aliphatic carbocycles. The van der Waals surface area contributed by atoms with Gasteiger partial charge in [0.05, 0.1) is 12.3 Å². The number of oxazole rings is 1. The van der Waals surface area contributed by atoms with E-state index >= 15 is 0 Å². The molecule has 0 aliphatic heterocycles. The van der Waals surface area contributed by atoms with E-state index in [-0.39, 0.29) is 18.7 Å². The van der Waals surface area contributed by atoms with Gasteiger partial charge in [-0.2, -0.15) is 0 Å². The minimum atomic E-state index is -0.368. The van der Waals surface area contributed by atoms with Crippen LogP contribution >= 0.6 is 0 Å². The SMILES string of the molecule is Cc1oc(-c2ccccc2)nc1CCOc1[c]c(COC(=O)NC2CCCCC2)ccc1. The van der Waals surface area contributed by atoms with Gasteiger partial charge in [0, 0.05) is 29.7 Å². The van der Waals surface area contributed by atoms with E-state index in [0.29, 0.717) is 24.7 Å². The van der Waals surface area contributed by atoms with Crippen LogP contribution in [0.15, 0.2) is 52.9 Å². The first-order chi connectivity index (χ1) is 15.7. The zero-order valence-corrected chi connectivity index (χ0v) is 18.4. The predicted molar refractivity (Wildman–Crippen MR) is 121 cm³/mol. The Morgan fingerprint density at radius 2 is 1.94 bits per heavy atom. The summed E-state index contributed by atoms with van der Waals surface area (Å²) in [5.41, 5.74) is 2.60. The zero-order valence-electron chi connectivity index (χ0n) is 18.4. The molecule has 0 unspecified atom stereocenters. The molecule has 4 rings (SSSR count). The molecule has 1 aliphatic rings. The summed E-state index contributed by atoms with van der Waals surface area (Å²) >= 11 is 0. The lowest BCUT2D eigenvalue weighted by atomic mass is 9.96. The third-order valence-corrected chi connectivity index (χ3v) is 5.62. The molecule has 1 aromatic heterocycles. The number of ether oxygens (including phenoxy) is 2. The van der Waals surface area contributed by atoms with Gasteiger partial charge in [0.25, 0.3) is 0 Å². The van der Waals surface area contributed by atoms with Crippen molar-refractivity contribution in [3.05, 3.63) is 71.6 Å². The molecule has 0 saturated heterocycles. The largest absolute Gasteiger partial charge is 0.493 e. The van der Waals surface area contributed by atoms with E-state index in [4.69, 9.17) is 13.9 Å². The van der Waals surface area contributed by atoms with E-state index in [1.165, 1.54) is 19.3 Å². The molecule has 6 nitrogen and oxygen atoms in total. The fourth-order valence-electron chi connectivity index (χ4n) is 3.88. The molecule has 1 radical (unpaired) electrons. The van der Waals surface area contributed by atoms with Crippen LogP contribution in [0.3, 0.4) is 0 Å². The van der Waals surface area contributed by atoms with E-state index < -0.39 is 0 Å². The van der Waals surface area contributed by atoms with E-state index in [9.17, 15) is 4.79 Å². The highest BCUT2D eigenvalue weighted by Gasteiger charge is 2.16. The Labute approximate surface area is 189 Å². The maximum Gasteiger partial charge on any atom is 0.407 e. The molecule has 167 valence electrons. The second-order valence-corrected chi connectivity index (χ2v) is 8.08. The van der Waals surface area contributed by atoms with Crippen molar-refractivity contribution in [1.82, 2.24) is 10.3 Å². The molecule has 0 atom stereocenters. The quantitative estimate of drug-likeness (QED) is 0.498. The van der Waals surface area contributed by atoms with Crippen LogP contribution < -0.4 is 10.1 Å². The summed E-state index contributed by atoms with van der Waals surface area (Å²) < 4.78 is 17.0. The Kier molecular flexibility index (Phi) is 7.43. The molecule has 0 spiro atoms. The number of amides is 1. The van der Waals surface area contributed by atoms with Crippen molar-refractivity contribution in [2.24, 2.45) is 0 Å². The van der Waals surface area contributed by atoms with E-state index in [1.54, 1.807) is 0 Å². The van der Waals surface area contributed by atoms with Gasteiger partial charge in [-0.05, 0) is 38.0 Å². The summed E-state index contributed by atoms with van der Waals surface area (Å²) in [6, 6.07) is 18.8. The summed E-state index contributed by atoms with van der Waals surface area (Å²) in [5.74, 6) is 2.03. The molecule has 1 heterocycles. The summed E-state index contributed by atoms with van der Waals surface area (Å²) in [4.78, 5) is 16.6. The third-order valence-electron chi connectivity index (χ3n) is 5.62. The number of carbonyl (C=O) groups excluding carboxylic acids is 1. The number of alkyl carbamates (subject to hydrolysis) is 1. The molecular formula is C26H29N2O4. The van der Waals surface area contributed by atoms with Gasteiger partial charge in [0.15, 0.2) is 0 Å². The van der Waals surface area contributed by atoms with Crippen LogP contribution in [0.4, 0.5) is 4.79 Å². The van der Waals surface area contributed by atoms with Crippen molar-refractivity contribution in [3.8, 4) is 17.2 Å². The van der Waals surface area contributed by atoms with Gasteiger partial charge in [-0.15, -0.1) is 0 Å². The molecule has 1 N–H and O–H groups in total. The molecule has 0 bridgehead atoms. The number of rotatable bonds is 8. The normalized spacial score (nSPS) is 14.2. The van der Waals surface area contributed by atoms with Gasteiger partial charge < -0.3 is 19.2 Å². The lowest BCUT2D eigenvalue weighted by Gasteiger charge is -2.22. The van der Waals surface area contributed by atoms with E-state index in [0.717, 1.165) is 35.4 Å². The number of aryl methyl sites for hydroxylation is 1. The van der Waals surface area contributed by atoms with Crippen molar-refractivity contribution in [3.63, 3.8) is 0 Å². The summed E-state index contributed by atoms with van der Waals surface area (Å²) in [6.07, 6.45) is 5.90. The van der Waals surface area contributed by atoms with Crippen LogP contribution in [-0.4, -0.2) is 23.7 Å². The van der Waals surface area contributed by atoms with E-state index in [2.05, 4.69) is 16.4 Å². The molecule has 32 heavy (non-hydrogen) atoms. The zero-order chi connectivity index (χ0) is 22.2. The molecule has 3 aromatic rings. The first kappa shape index (κ1) is 21.9.